The molecule has 0 aliphatic carbocycles. The Labute approximate surface area is 121 Å². The van der Waals surface area contributed by atoms with Crippen molar-refractivity contribution in [3.63, 3.8) is 0 Å². The van der Waals surface area contributed by atoms with Crippen LogP contribution < -0.4 is 5.32 Å². The predicted molar refractivity (Wildman–Crippen MR) is 66.9 cm³/mol. The van der Waals surface area contributed by atoms with Gasteiger partial charge < -0.3 is 10.4 Å². The number of imide groups is 1. The van der Waals surface area contributed by atoms with Crippen LogP contribution in [0.15, 0.2) is 30.0 Å². The maximum Gasteiger partial charge on any atom is 0.419 e. The van der Waals surface area contributed by atoms with Crippen LogP contribution in [0.5, 0.6) is 0 Å². The first-order valence-corrected chi connectivity index (χ1v) is 6.07. The molecule has 118 valence electrons. The average Bonchev–Trinajstić information content (AvgIpc) is 2.68. The molecule has 0 radical (unpaired) electrons. The molecule has 1 aliphatic rings. The van der Waals surface area contributed by atoms with Crippen LogP contribution in [0.1, 0.15) is 5.56 Å². The summed E-state index contributed by atoms with van der Waals surface area (Å²) in [4.78, 5) is 24.0. The number of hydrogen-bond acceptors (Lipinski definition) is 4. The number of β-amino-alcohol motifs (C(OH)–C–C–N with tert-alkyl or cyclic N) is 1. The predicted octanol–water partition coefficient (Wildman–Crippen LogP) is 1.50. The molecule has 5 nitrogen and oxygen atoms in total. The van der Waals surface area contributed by atoms with Crippen LogP contribution in [0.25, 0.3) is 0 Å². The van der Waals surface area contributed by atoms with Gasteiger partial charge in [0, 0.05) is 6.08 Å². The van der Waals surface area contributed by atoms with Crippen LogP contribution in [0.4, 0.5) is 23.2 Å². The SMILES string of the molecule is O=C1C=C(Nc2cccc(C(F)(F)F)c2F)C(=O)N1CCO. The van der Waals surface area contributed by atoms with Crippen molar-refractivity contribution in [3.05, 3.63) is 41.4 Å². The number of anilines is 1. The lowest BCUT2D eigenvalue weighted by molar-refractivity contribution is -0.140. The molecule has 9 heteroatoms. The number of halogens is 4. The minimum atomic E-state index is -4.88. The van der Waals surface area contributed by atoms with Gasteiger partial charge in [0.15, 0.2) is 5.82 Å². The number of aliphatic hydroxyl groups is 1. The van der Waals surface area contributed by atoms with Gasteiger partial charge in [0.05, 0.1) is 24.4 Å². The van der Waals surface area contributed by atoms with E-state index in [0.29, 0.717) is 11.0 Å². The van der Waals surface area contributed by atoms with E-state index in [2.05, 4.69) is 5.32 Å². The average molecular weight is 318 g/mol. The molecule has 0 saturated heterocycles. The number of benzene rings is 1. The van der Waals surface area contributed by atoms with Crippen molar-refractivity contribution < 1.29 is 32.3 Å². The molecule has 1 aromatic rings. The molecule has 0 bridgehead atoms. The molecular weight excluding hydrogens is 308 g/mol. The molecule has 2 N–H and O–H groups in total. The third-order valence-electron chi connectivity index (χ3n) is 2.91. The molecule has 0 atom stereocenters. The molecule has 0 unspecified atom stereocenters. The maximum absolute atomic E-state index is 13.8. The number of aliphatic hydroxyl groups excluding tert-OH is 1. The van der Waals surface area contributed by atoms with E-state index in [1.165, 1.54) is 0 Å². The van der Waals surface area contributed by atoms with Gasteiger partial charge in [0.2, 0.25) is 0 Å². The highest BCUT2D eigenvalue weighted by atomic mass is 19.4. The van der Waals surface area contributed by atoms with Crippen molar-refractivity contribution in [2.45, 2.75) is 6.18 Å². The highest BCUT2D eigenvalue weighted by Crippen LogP contribution is 2.34. The summed E-state index contributed by atoms with van der Waals surface area (Å²) >= 11 is 0. The first kappa shape index (κ1) is 16.0. The Morgan fingerprint density at radius 3 is 2.50 bits per heavy atom. The number of amides is 2. The number of alkyl halides is 3. The Hall–Kier alpha value is -2.42. The van der Waals surface area contributed by atoms with E-state index in [-0.39, 0.29) is 12.2 Å². The summed E-state index contributed by atoms with van der Waals surface area (Å²) in [5.74, 6) is -3.17. The van der Waals surface area contributed by atoms with Gasteiger partial charge in [-0.05, 0) is 12.1 Å². The van der Waals surface area contributed by atoms with Gasteiger partial charge >= 0.3 is 6.18 Å². The van der Waals surface area contributed by atoms with Crippen LogP contribution in [-0.2, 0) is 15.8 Å². The second-order valence-electron chi connectivity index (χ2n) is 4.37. The van der Waals surface area contributed by atoms with E-state index in [1.54, 1.807) is 0 Å². The summed E-state index contributed by atoms with van der Waals surface area (Å²) in [7, 11) is 0. The second-order valence-corrected chi connectivity index (χ2v) is 4.37. The summed E-state index contributed by atoms with van der Waals surface area (Å²) in [5, 5.41) is 10.9. The Balaban J connectivity index is 2.28. The van der Waals surface area contributed by atoms with Gasteiger partial charge in [-0.1, -0.05) is 6.07 Å². The summed E-state index contributed by atoms with van der Waals surface area (Å²) < 4.78 is 51.6. The fourth-order valence-corrected chi connectivity index (χ4v) is 1.90. The molecule has 0 fully saturated rings. The van der Waals surface area contributed by atoms with Gasteiger partial charge in [0.1, 0.15) is 5.70 Å². The molecule has 22 heavy (non-hydrogen) atoms. The van der Waals surface area contributed by atoms with Crippen LogP contribution in [0.2, 0.25) is 0 Å². The molecule has 1 aliphatic heterocycles. The van der Waals surface area contributed by atoms with E-state index < -0.39 is 41.7 Å². The summed E-state index contributed by atoms with van der Waals surface area (Å²) in [6, 6.07) is 2.55. The first-order chi connectivity index (χ1) is 10.3. The zero-order chi connectivity index (χ0) is 16.5. The molecule has 2 amide bonds. The van der Waals surface area contributed by atoms with Gasteiger partial charge in [-0.2, -0.15) is 13.2 Å². The summed E-state index contributed by atoms with van der Waals surface area (Å²) in [6.45, 7) is -0.721. The number of nitrogens with zero attached hydrogens (tertiary/aromatic N) is 1. The fourth-order valence-electron chi connectivity index (χ4n) is 1.90. The number of nitrogens with one attached hydrogen (secondary N) is 1. The third kappa shape index (κ3) is 2.93. The van der Waals surface area contributed by atoms with Crippen molar-refractivity contribution >= 4 is 17.5 Å². The largest absolute Gasteiger partial charge is 0.419 e. The van der Waals surface area contributed by atoms with Crippen LogP contribution in [-0.4, -0.2) is 35.0 Å². The zero-order valence-corrected chi connectivity index (χ0v) is 10.9. The Morgan fingerprint density at radius 1 is 1.23 bits per heavy atom. The Bertz CT molecular complexity index is 655. The molecule has 1 heterocycles. The summed E-state index contributed by atoms with van der Waals surface area (Å²) in [6.07, 6.45) is -4.05. The van der Waals surface area contributed by atoms with E-state index in [4.69, 9.17) is 5.11 Å². The topological polar surface area (TPSA) is 69.6 Å². The third-order valence-corrected chi connectivity index (χ3v) is 2.91. The van der Waals surface area contributed by atoms with Crippen molar-refractivity contribution in [1.29, 1.82) is 0 Å². The van der Waals surface area contributed by atoms with Gasteiger partial charge in [-0.3, -0.25) is 14.5 Å². The van der Waals surface area contributed by atoms with E-state index in [0.717, 1.165) is 18.2 Å². The molecule has 0 saturated carbocycles. The van der Waals surface area contributed by atoms with E-state index in [1.807, 2.05) is 0 Å². The maximum atomic E-state index is 13.8. The number of carbonyl (C=O) groups excluding carboxylic acids is 2. The fraction of sp³-hybridized carbons (Fsp3) is 0.231. The molecule has 0 spiro atoms. The lowest BCUT2D eigenvalue weighted by Crippen LogP contribution is -2.34. The molecule has 2 rings (SSSR count). The summed E-state index contributed by atoms with van der Waals surface area (Å²) in [5.41, 5.74) is -2.42. The normalized spacial score (nSPS) is 15.3. The second kappa shape index (κ2) is 5.76. The van der Waals surface area contributed by atoms with Gasteiger partial charge in [0.25, 0.3) is 11.8 Å². The van der Waals surface area contributed by atoms with Gasteiger partial charge in [-0.15, -0.1) is 0 Å². The molecule has 0 aromatic heterocycles. The van der Waals surface area contributed by atoms with Crippen molar-refractivity contribution in [1.82, 2.24) is 4.90 Å². The van der Waals surface area contributed by atoms with Crippen LogP contribution in [0.3, 0.4) is 0 Å². The van der Waals surface area contributed by atoms with Gasteiger partial charge in [-0.25, -0.2) is 4.39 Å². The highest BCUT2D eigenvalue weighted by Gasteiger charge is 2.36. The quantitative estimate of drug-likeness (QED) is 0.652. The van der Waals surface area contributed by atoms with Crippen LogP contribution >= 0.6 is 0 Å². The Kier molecular flexibility index (Phi) is 4.18. The van der Waals surface area contributed by atoms with E-state index >= 15 is 0 Å². The van der Waals surface area contributed by atoms with E-state index in [9.17, 15) is 27.2 Å². The minimum absolute atomic E-state index is 0.260. The standard InChI is InChI=1S/C13H10F4N2O3/c14-11-7(13(15,16)17)2-1-3-8(11)18-9-6-10(21)19(4-5-20)12(9)22/h1-3,6,18,20H,4-5H2. The zero-order valence-electron chi connectivity index (χ0n) is 10.9. The highest BCUT2D eigenvalue weighted by molar-refractivity contribution is 6.17. The monoisotopic (exact) mass is 318 g/mol. The first-order valence-electron chi connectivity index (χ1n) is 6.07. The van der Waals surface area contributed by atoms with Crippen LogP contribution in [0, 0.1) is 5.82 Å². The molecular formula is C13H10F4N2O3. The Morgan fingerprint density at radius 2 is 1.91 bits per heavy atom. The lowest BCUT2D eigenvalue weighted by Gasteiger charge is -2.15. The number of rotatable bonds is 4. The van der Waals surface area contributed by atoms with Crippen molar-refractivity contribution in [2.75, 3.05) is 18.5 Å². The lowest BCUT2D eigenvalue weighted by atomic mass is 10.1. The van der Waals surface area contributed by atoms with Crippen molar-refractivity contribution in [3.8, 4) is 0 Å². The minimum Gasteiger partial charge on any atom is -0.395 e. The smallest absolute Gasteiger partial charge is 0.395 e. The molecule has 1 aromatic carbocycles. The number of hydrogen-bond donors (Lipinski definition) is 2. The number of carbonyl (C=O) groups is 2. The van der Waals surface area contributed by atoms with Crippen molar-refractivity contribution in [2.24, 2.45) is 0 Å².